The minimum Gasteiger partial charge on any atom is -0.493 e. The molecule has 0 atom stereocenters. The number of methoxy groups -OCH3 is 2. The lowest BCUT2D eigenvalue weighted by Crippen LogP contribution is -2.28. The Kier molecular flexibility index (Phi) is 6.06. The highest BCUT2D eigenvalue weighted by atomic mass is 16.5. The van der Waals surface area contributed by atoms with E-state index in [4.69, 9.17) is 14.2 Å². The van der Waals surface area contributed by atoms with Gasteiger partial charge >= 0.3 is 5.97 Å². The number of carbonyl (C=O) groups is 2. The first-order valence-electron chi connectivity index (χ1n) is 8.61. The number of pyridine rings is 1. The Bertz CT molecular complexity index is 998. The maximum absolute atomic E-state index is 12.3. The second-order valence-electron chi connectivity index (χ2n) is 5.92. The Morgan fingerprint density at radius 1 is 1.00 bits per heavy atom. The van der Waals surface area contributed by atoms with Gasteiger partial charge in [0.1, 0.15) is 0 Å². The molecule has 0 unspecified atom stereocenters. The molecular weight excluding hydrogens is 360 g/mol. The van der Waals surface area contributed by atoms with Crippen LogP contribution in [0.4, 0.5) is 0 Å². The number of nitrogens with one attached hydrogen (secondary N) is 1. The van der Waals surface area contributed by atoms with Crippen molar-refractivity contribution in [2.45, 2.75) is 6.54 Å². The highest BCUT2D eigenvalue weighted by Crippen LogP contribution is 2.27. The summed E-state index contributed by atoms with van der Waals surface area (Å²) in [4.78, 5) is 28.4. The van der Waals surface area contributed by atoms with Crippen LogP contribution in [0.25, 0.3) is 10.8 Å². The predicted molar refractivity (Wildman–Crippen MR) is 103 cm³/mol. The van der Waals surface area contributed by atoms with E-state index in [1.165, 1.54) is 6.20 Å². The van der Waals surface area contributed by atoms with Crippen LogP contribution in [0.3, 0.4) is 0 Å². The van der Waals surface area contributed by atoms with Crippen molar-refractivity contribution in [2.24, 2.45) is 0 Å². The molecule has 144 valence electrons. The van der Waals surface area contributed by atoms with Crippen molar-refractivity contribution in [1.29, 1.82) is 0 Å². The van der Waals surface area contributed by atoms with Crippen molar-refractivity contribution in [3.8, 4) is 11.5 Å². The Morgan fingerprint density at radius 2 is 1.79 bits per heavy atom. The lowest BCUT2D eigenvalue weighted by atomic mass is 10.1. The smallest absolute Gasteiger partial charge is 0.358 e. The summed E-state index contributed by atoms with van der Waals surface area (Å²) < 4.78 is 15.5. The van der Waals surface area contributed by atoms with Gasteiger partial charge in [-0.15, -0.1) is 0 Å². The number of rotatable bonds is 7. The number of hydrogen-bond acceptors (Lipinski definition) is 6. The van der Waals surface area contributed by atoms with Crippen molar-refractivity contribution in [3.05, 3.63) is 66.0 Å². The van der Waals surface area contributed by atoms with Gasteiger partial charge in [-0.2, -0.15) is 0 Å². The third-order valence-corrected chi connectivity index (χ3v) is 4.14. The molecule has 0 saturated carbocycles. The number of nitrogens with zero attached hydrogens (tertiary/aromatic N) is 1. The molecule has 0 radical (unpaired) electrons. The lowest BCUT2D eigenvalue weighted by molar-refractivity contribution is -0.124. The minimum absolute atomic E-state index is 0.186. The first kappa shape index (κ1) is 19.2. The summed E-state index contributed by atoms with van der Waals surface area (Å²) in [6, 6.07) is 14.5. The average Bonchev–Trinajstić information content (AvgIpc) is 2.75. The van der Waals surface area contributed by atoms with Gasteiger partial charge in [0.25, 0.3) is 5.91 Å². The van der Waals surface area contributed by atoms with E-state index in [2.05, 4.69) is 10.3 Å². The summed E-state index contributed by atoms with van der Waals surface area (Å²) in [5, 5.41) is 4.26. The molecule has 0 fully saturated rings. The van der Waals surface area contributed by atoms with E-state index in [1.807, 2.05) is 30.3 Å². The van der Waals surface area contributed by atoms with E-state index < -0.39 is 18.5 Å². The van der Waals surface area contributed by atoms with Crippen LogP contribution < -0.4 is 14.8 Å². The Morgan fingerprint density at radius 3 is 2.57 bits per heavy atom. The van der Waals surface area contributed by atoms with Crippen LogP contribution >= 0.6 is 0 Å². The number of carbonyl (C=O) groups excluding carboxylic acids is 2. The van der Waals surface area contributed by atoms with Gasteiger partial charge in [0, 0.05) is 18.1 Å². The molecule has 1 aromatic heterocycles. The van der Waals surface area contributed by atoms with Gasteiger partial charge in [0.15, 0.2) is 23.8 Å². The molecule has 7 nitrogen and oxygen atoms in total. The fourth-order valence-corrected chi connectivity index (χ4v) is 2.72. The van der Waals surface area contributed by atoms with Gasteiger partial charge < -0.3 is 19.5 Å². The van der Waals surface area contributed by atoms with Crippen LogP contribution in [0.1, 0.15) is 16.1 Å². The second-order valence-corrected chi connectivity index (χ2v) is 5.92. The van der Waals surface area contributed by atoms with Crippen LogP contribution in [0.2, 0.25) is 0 Å². The fraction of sp³-hybridized carbons (Fsp3) is 0.190. The largest absolute Gasteiger partial charge is 0.493 e. The summed E-state index contributed by atoms with van der Waals surface area (Å²) in [5.74, 6) is 0.123. The van der Waals surface area contributed by atoms with E-state index in [0.29, 0.717) is 16.9 Å². The number of esters is 1. The van der Waals surface area contributed by atoms with Gasteiger partial charge in [-0.1, -0.05) is 30.3 Å². The monoisotopic (exact) mass is 380 g/mol. The standard InChI is InChI=1S/C21H20N2O5/c1-26-17-8-7-14(11-18(17)27-2)12-23-19(24)13-28-21(25)20-16-6-4-3-5-15(16)9-10-22-20/h3-11H,12-13H2,1-2H3,(H,23,24). The van der Waals surface area contributed by atoms with E-state index in [1.54, 1.807) is 32.4 Å². The molecule has 1 N–H and O–H groups in total. The van der Waals surface area contributed by atoms with E-state index in [9.17, 15) is 9.59 Å². The number of hydrogen-bond donors (Lipinski definition) is 1. The predicted octanol–water partition coefficient (Wildman–Crippen LogP) is 2.73. The van der Waals surface area contributed by atoms with Crippen LogP contribution in [-0.2, 0) is 16.1 Å². The van der Waals surface area contributed by atoms with Gasteiger partial charge in [-0.05, 0) is 29.1 Å². The Hall–Kier alpha value is -3.61. The zero-order chi connectivity index (χ0) is 19.9. The van der Waals surface area contributed by atoms with Gasteiger partial charge in [-0.25, -0.2) is 9.78 Å². The van der Waals surface area contributed by atoms with Crippen molar-refractivity contribution in [1.82, 2.24) is 10.3 Å². The number of amides is 1. The lowest BCUT2D eigenvalue weighted by Gasteiger charge is -2.11. The van der Waals surface area contributed by atoms with Crippen molar-refractivity contribution in [2.75, 3.05) is 20.8 Å². The van der Waals surface area contributed by atoms with Crippen LogP contribution in [0, 0.1) is 0 Å². The quantitative estimate of drug-likeness (QED) is 0.634. The normalized spacial score (nSPS) is 10.4. The summed E-state index contributed by atoms with van der Waals surface area (Å²) in [5.41, 5.74) is 1.01. The molecule has 2 aromatic carbocycles. The van der Waals surface area contributed by atoms with Gasteiger partial charge in [-0.3, -0.25) is 4.79 Å². The highest BCUT2D eigenvalue weighted by molar-refractivity contribution is 6.03. The van der Waals surface area contributed by atoms with E-state index in [0.717, 1.165) is 10.9 Å². The van der Waals surface area contributed by atoms with E-state index in [-0.39, 0.29) is 12.2 Å². The molecule has 0 aliphatic carbocycles. The van der Waals surface area contributed by atoms with Crippen molar-refractivity contribution in [3.63, 3.8) is 0 Å². The number of benzene rings is 2. The maximum atomic E-state index is 12.3. The number of ether oxygens (including phenoxy) is 3. The van der Waals surface area contributed by atoms with Gasteiger partial charge in [0.05, 0.1) is 14.2 Å². The molecule has 28 heavy (non-hydrogen) atoms. The van der Waals surface area contributed by atoms with Crippen LogP contribution in [-0.4, -0.2) is 37.7 Å². The van der Waals surface area contributed by atoms with Crippen molar-refractivity contribution >= 4 is 22.6 Å². The molecule has 1 amide bonds. The minimum atomic E-state index is -0.641. The summed E-state index contributed by atoms with van der Waals surface area (Å²) in [6.07, 6.45) is 1.54. The molecule has 7 heteroatoms. The number of fused-ring (bicyclic) bond motifs is 1. The molecular formula is C21H20N2O5. The fourth-order valence-electron chi connectivity index (χ4n) is 2.72. The van der Waals surface area contributed by atoms with Crippen LogP contribution in [0.15, 0.2) is 54.7 Å². The van der Waals surface area contributed by atoms with Gasteiger partial charge in [0.2, 0.25) is 0 Å². The first-order valence-corrected chi connectivity index (χ1v) is 8.61. The van der Waals surface area contributed by atoms with Crippen LogP contribution in [0.5, 0.6) is 11.5 Å². The summed E-state index contributed by atoms with van der Waals surface area (Å²) in [7, 11) is 3.10. The summed E-state index contributed by atoms with van der Waals surface area (Å²) >= 11 is 0. The Balaban J connectivity index is 1.56. The average molecular weight is 380 g/mol. The SMILES string of the molecule is COc1ccc(CNC(=O)COC(=O)c2nccc3ccccc23)cc1OC. The molecule has 0 spiro atoms. The van der Waals surface area contributed by atoms with Crippen molar-refractivity contribution < 1.29 is 23.8 Å². The zero-order valence-electron chi connectivity index (χ0n) is 15.6. The number of aromatic nitrogens is 1. The second kappa shape index (κ2) is 8.85. The molecule has 0 saturated heterocycles. The topological polar surface area (TPSA) is 86.8 Å². The molecule has 0 bridgehead atoms. The highest BCUT2D eigenvalue weighted by Gasteiger charge is 2.15. The van der Waals surface area contributed by atoms with E-state index >= 15 is 0 Å². The Labute approximate surface area is 162 Å². The molecule has 0 aliphatic rings. The third-order valence-electron chi connectivity index (χ3n) is 4.14. The molecule has 1 heterocycles. The maximum Gasteiger partial charge on any atom is 0.358 e. The molecule has 0 aliphatic heterocycles. The third kappa shape index (κ3) is 4.37. The molecule has 3 aromatic rings. The first-order chi connectivity index (χ1) is 13.6. The molecule has 3 rings (SSSR count). The zero-order valence-corrected chi connectivity index (χ0v) is 15.6. The summed E-state index contributed by atoms with van der Waals surface area (Å²) in [6.45, 7) is -0.125.